The molecule has 0 aliphatic carbocycles. The summed E-state index contributed by atoms with van der Waals surface area (Å²) in [4.78, 5) is 6.51. The van der Waals surface area contributed by atoms with E-state index in [1.807, 2.05) is 18.2 Å². The summed E-state index contributed by atoms with van der Waals surface area (Å²) in [6.07, 6.45) is 3.08. The lowest BCUT2D eigenvalue weighted by atomic mass is 10.0. The van der Waals surface area contributed by atoms with Crippen molar-refractivity contribution in [3.8, 4) is 17.0 Å². The topological polar surface area (TPSA) is 37.9 Å². The number of hydrogen-bond donors (Lipinski definition) is 1. The van der Waals surface area contributed by atoms with Crippen molar-refractivity contribution >= 4 is 12.2 Å². The van der Waals surface area contributed by atoms with E-state index in [9.17, 15) is 4.39 Å². The molecular weight excluding hydrogens is 251 g/mol. The minimum atomic E-state index is -0.425. The van der Waals surface area contributed by atoms with Crippen LogP contribution in [-0.2, 0) is 6.42 Å². The van der Waals surface area contributed by atoms with E-state index in [1.54, 1.807) is 0 Å². The number of hydrogen-bond acceptors (Lipinski definition) is 3. The minimum absolute atomic E-state index is 0.264. The van der Waals surface area contributed by atoms with Crippen LogP contribution in [0.15, 0.2) is 24.4 Å². The number of aryl methyl sites for hydroxylation is 1. The Bertz CT molecular complexity index is 654. The van der Waals surface area contributed by atoms with Crippen molar-refractivity contribution in [3.63, 3.8) is 0 Å². The highest BCUT2D eigenvalue weighted by atomic mass is 32.1. The Morgan fingerprint density at radius 1 is 1.39 bits per heavy atom. The van der Waals surface area contributed by atoms with Gasteiger partial charge in [0.1, 0.15) is 5.75 Å². The average Bonchev–Trinajstić information content (AvgIpc) is 2.41. The normalized spacial score (nSPS) is 13.8. The molecule has 1 aromatic carbocycles. The molecule has 2 aromatic rings. The van der Waals surface area contributed by atoms with Gasteiger partial charge in [-0.1, -0.05) is 12.1 Å². The van der Waals surface area contributed by atoms with Crippen molar-refractivity contribution in [1.29, 1.82) is 0 Å². The van der Waals surface area contributed by atoms with Crippen LogP contribution in [0.2, 0.25) is 0 Å². The van der Waals surface area contributed by atoms with Gasteiger partial charge in [0.25, 0.3) is 0 Å². The first-order valence-corrected chi connectivity index (χ1v) is 6.16. The maximum absolute atomic E-state index is 13.8. The number of para-hydroxylation sites is 1. The van der Waals surface area contributed by atoms with E-state index in [0.29, 0.717) is 17.9 Å². The first kappa shape index (κ1) is 11.3. The monoisotopic (exact) mass is 262 g/mol. The molecule has 0 spiro atoms. The third-order valence-corrected chi connectivity index (χ3v) is 3.18. The van der Waals surface area contributed by atoms with E-state index < -0.39 is 5.82 Å². The fourth-order valence-electron chi connectivity index (χ4n) is 2.16. The summed E-state index contributed by atoms with van der Waals surface area (Å²) in [7, 11) is 0. The lowest BCUT2D eigenvalue weighted by Gasteiger charge is -2.20. The van der Waals surface area contributed by atoms with E-state index in [4.69, 9.17) is 17.0 Å². The van der Waals surface area contributed by atoms with Crippen LogP contribution in [0.5, 0.6) is 5.75 Å². The summed E-state index contributed by atoms with van der Waals surface area (Å²) in [6.45, 7) is 0.664. The highest BCUT2D eigenvalue weighted by molar-refractivity contribution is 7.71. The molecule has 5 heteroatoms. The van der Waals surface area contributed by atoms with Gasteiger partial charge < -0.3 is 9.72 Å². The molecule has 0 amide bonds. The Morgan fingerprint density at radius 2 is 2.28 bits per heavy atom. The second kappa shape index (κ2) is 4.49. The molecule has 0 unspecified atom stereocenters. The summed E-state index contributed by atoms with van der Waals surface area (Å²) in [5.41, 5.74) is 2.15. The molecule has 92 valence electrons. The Kier molecular flexibility index (Phi) is 2.83. The highest BCUT2D eigenvalue weighted by Gasteiger charge is 2.18. The van der Waals surface area contributed by atoms with E-state index in [2.05, 4.69) is 9.97 Å². The smallest absolute Gasteiger partial charge is 0.197 e. The second-order valence-electron chi connectivity index (χ2n) is 4.16. The molecule has 0 radical (unpaired) electrons. The third kappa shape index (κ3) is 1.90. The van der Waals surface area contributed by atoms with Gasteiger partial charge >= 0.3 is 0 Å². The molecule has 18 heavy (non-hydrogen) atoms. The van der Waals surface area contributed by atoms with Crippen molar-refractivity contribution in [2.75, 3.05) is 6.61 Å². The van der Waals surface area contributed by atoms with Crippen molar-refractivity contribution in [2.24, 2.45) is 0 Å². The number of fused-ring (bicyclic) bond motifs is 1. The number of benzene rings is 1. The van der Waals surface area contributed by atoms with Crippen LogP contribution >= 0.6 is 12.2 Å². The minimum Gasteiger partial charge on any atom is -0.493 e. The van der Waals surface area contributed by atoms with Gasteiger partial charge in [0.05, 0.1) is 18.5 Å². The van der Waals surface area contributed by atoms with Crippen LogP contribution in [0.3, 0.4) is 0 Å². The summed E-state index contributed by atoms with van der Waals surface area (Å²) in [5.74, 6) is 0.325. The molecule has 2 heterocycles. The highest BCUT2D eigenvalue weighted by Crippen LogP contribution is 2.35. The molecule has 0 atom stereocenters. The molecule has 0 saturated heterocycles. The Balaban J connectivity index is 2.23. The average molecular weight is 262 g/mol. The van der Waals surface area contributed by atoms with Crippen LogP contribution in [0.4, 0.5) is 4.39 Å². The van der Waals surface area contributed by atoms with Crippen LogP contribution in [-0.4, -0.2) is 16.6 Å². The van der Waals surface area contributed by atoms with Crippen molar-refractivity contribution in [1.82, 2.24) is 9.97 Å². The molecule has 1 N–H and O–H groups in total. The van der Waals surface area contributed by atoms with Gasteiger partial charge in [-0.25, -0.2) is 9.37 Å². The predicted molar refractivity (Wildman–Crippen MR) is 68.6 cm³/mol. The Morgan fingerprint density at radius 3 is 3.17 bits per heavy atom. The zero-order valence-corrected chi connectivity index (χ0v) is 10.4. The lowest BCUT2D eigenvalue weighted by molar-refractivity contribution is 0.289. The molecule has 1 aromatic heterocycles. The number of nitrogens with zero attached hydrogens (tertiary/aromatic N) is 1. The maximum Gasteiger partial charge on any atom is 0.197 e. The lowest BCUT2D eigenvalue weighted by Crippen LogP contribution is -2.09. The van der Waals surface area contributed by atoms with E-state index >= 15 is 0 Å². The zero-order chi connectivity index (χ0) is 12.5. The molecule has 1 aliphatic heterocycles. The molecule has 0 saturated carbocycles. The fourth-order valence-corrected chi connectivity index (χ4v) is 2.32. The van der Waals surface area contributed by atoms with Gasteiger partial charge in [0, 0.05) is 5.56 Å². The number of H-pyrrole nitrogens is 1. The van der Waals surface area contributed by atoms with Crippen LogP contribution < -0.4 is 4.74 Å². The number of rotatable bonds is 1. The van der Waals surface area contributed by atoms with Crippen molar-refractivity contribution in [2.45, 2.75) is 12.8 Å². The van der Waals surface area contributed by atoms with Gasteiger partial charge in [0.15, 0.2) is 10.6 Å². The largest absolute Gasteiger partial charge is 0.493 e. The Hall–Kier alpha value is -1.75. The van der Waals surface area contributed by atoms with Crippen LogP contribution in [0, 0.1) is 10.6 Å². The number of nitrogens with one attached hydrogen (secondary N) is 1. The Labute approximate surface area is 109 Å². The summed E-state index contributed by atoms with van der Waals surface area (Å²) < 4.78 is 19.8. The number of aromatic nitrogens is 2. The predicted octanol–water partition coefficient (Wildman–Crippen LogP) is 3.27. The van der Waals surface area contributed by atoms with Gasteiger partial charge in [-0.2, -0.15) is 0 Å². The zero-order valence-electron chi connectivity index (χ0n) is 9.57. The number of ether oxygens (including phenoxy) is 1. The second-order valence-corrected chi connectivity index (χ2v) is 4.54. The maximum atomic E-state index is 13.8. The SMILES string of the molecule is Fc1cnc(=S)[nH]c1-c1cccc2c1OCCC2. The van der Waals surface area contributed by atoms with Gasteiger partial charge in [-0.15, -0.1) is 0 Å². The number of halogens is 1. The quantitative estimate of drug-likeness (QED) is 0.801. The van der Waals surface area contributed by atoms with Gasteiger partial charge in [-0.05, 0) is 36.7 Å². The molecular formula is C13H11FN2OS. The molecule has 1 aliphatic rings. The van der Waals surface area contributed by atoms with Gasteiger partial charge in [0.2, 0.25) is 0 Å². The third-order valence-electron chi connectivity index (χ3n) is 2.97. The first-order valence-electron chi connectivity index (χ1n) is 5.75. The van der Waals surface area contributed by atoms with Crippen LogP contribution in [0.25, 0.3) is 11.3 Å². The first-order chi connectivity index (χ1) is 8.75. The fraction of sp³-hybridized carbons (Fsp3) is 0.231. The number of aromatic amines is 1. The van der Waals surface area contributed by atoms with Crippen molar-refractivity contribution in [3.05, 3.63) is 40.5 Å². The van der Waals surface area contributed by atoms with E-state index in [0.717, 1.165) is 30.4 Å². The van der Waals surface area contributed by atoms with E-state index in [-0.39, 0.29) is 4.77 Å². The molecule has 3 rings (SSSR count). The standard InChI is InChI=1S/C13H11FN2OS/c14-10-7-15-13(18)16-11(10)9-5-1-3-8-4-2-6-17-12(8)9/h1,3,5,7H,2,4,6H2,(H,15,16,18). The van der Waals surface area contributed by atoms with Crippen LogP contribution in [0.1, 0.15) is 12.0 Å². The molecule has 0 fully saturated rings. The van der Waals surface area contributed by atoms with Gasteiger partial charge in [-0.3, -0.25) is 0 Å². The summed E-state index contributed by atoms with van der Waals surface area (Å²) in [5, 5.41) is 0. The van der Waals surface area contributed by atoms with Crippen molar-refractivity contribution < 1.29 is 9.13 Å². The summed E-state index contributed by atoms with van der Waals surface area (Å²) in [6, 6.07) is 5.74. The molecule has 3 nitrogen and oxygen atoms in total. The summed E-state index contributed by atoms with van der Waals surface area (Å²) >= 11 is 4.94. The molecule has 0 bridgehead atoms. The van der Waals surface area contributed by atoms with E-state index in [1.165, 1.54) is 0 Å².